The Kier molecular flexibility index (Phi) is 2.70. The molecule has 0 radical (unpaired) electrons. The van der Waals surface area contributed by atoms with Crippen LogP contribution in [0.5, 0.6) is 0 Å². The van der Waals surface area contributed by atoms with E-state index in [9.17, 15) is 0 Å². The van der Waals surface area contributed by atoms with Crippen LogP contribution in [0.2, 0.25) is 0 Å². The molecule has 16 heavy (non-hydrogen) atoms. The minimum atomic E-state index is 0.449. The van der Waals surface area contributed by atoms with Crippen molar-refractivity contribution in [3.05, 3.63) is 35.9 Å². The minimum Gasteiger partial charge on any atom is -0.328 e. The molecule has 3 rings (SSSR count). The van der Waals surface area contributed by atoms with Gasteiger partial charge in [-0.15, -0.1) is 0 Å². The zero-order valence-electron chi connectivity index (χ0n) is 9.68. The average Bonchev–Trinajstić information content (AvgIpc) is 2.54. The molecule has 1 aromatic carbocycles. The fraction of sp³-hybridized carbons (Fsp3) is 0.571. The molecule has 1 aromatic rings. The molecule has 0 aromatic heterocycles. The number of nitrogens with two attached hydrogens (primary N) is 1. The van der Waals surface area contributed by atoms with Crippen LogP contribution in [-0.4, -0.2) is 23.0 Å². The van der Waals surface area contributed by atoms with Gasteiger partial charge in [0, 0.05) is 24.7 Å². The molecule has 2 aliphatic rings. The van der Waals surface area contributed by atoms with Crippen LogP contribution in [0.4, 0.5) is 0 Å². The topological polar surface area (TPSA) is 29.3 Å². The maximum atomic E-state index is 6.08. The van der Waals surface area contributed by atoms with Crippen molar-refractivity contribution in [2.75, 3.05) is 0 Å². The van der Waals surface area contributed by atoms with Crippen LogP contribution in [0.3, 0.4) is 0 Å². The van der Waals surface area contributed by atoms with Crippen molar-refractivity contribution in [2.24, 2.45) is 5.73 Å². The largest absolute Gasteiger partial charge is 0.328 e. The van der Waals surface area contributed by atoms with E-state index in [4.69, 9.17) is 5.73 Å². The molecule has 2 heteroatoms. The van der Waals surface area contributed by atoms with Gasteiger partial charge >= 0.3 is 0 Å². The van der Waals surface area contributed by atoms with E-state index in [1.54, 1.807) is 0 Å². The quantitative estimate of drug-likeness (QED) is 0.820. The Labute approximate surface area is 97.4 Å². The summed E-state index contributed by atoms with van der Waals surface area (Å²) in [4.78, 5) is 2.68. The van der Waals surface area contributed by atoms with Crippen molar-refractivity contribution in [2.45, 2.75) is 50.4 Å². The minimum absolute atomic E-state index is 0.449. The number of fused-ring (bicyclic) bond motifs is 2. The van der Waals surface area contributed by atoms with Gasteiger partial charge in [0.25, 0.3) is 0 Å². The average molecular weight is 216 g/mol. The number of benzene rings is 1. The Hall–Kier alpha value is -0.860. The van der Waals surface area contributed by atoms with Crippen molar-refractivity contribution in [1.29, 1.82) is 0 Å². The van der Waals surface area contributed by atoms with Gasteiger partial charge in [-0.1, -0.05) is 30.3 Å². The predicted molar refractivity (Wildman–Crippen MR) is 66.0 cm³/mol. The summed E-state index contributed by atoms with van der Waals surface area (Å²) < 4.78 is 0. The Morgan fingerprint density at radius 1 is 1.06 bits per heavy atom. The second kappa shape index (κ2) is 4.19. The third-order valence-corrected chi connectivity index (χ3v) is 4.13. The van der Waals surface area contributed by atoms with Gasteiger partial charge in [0.15, 0.2) is 0 Å². The Morgan fingerprint density at radius 2 is 1.69 bits per heavy atom. The monoisotopic (exact) mass is 216 g/mol. The third-order valence-electron chi connectivity index (χ3n) is 4.13. The van der Waals surface area contributed by atoms with Crippen LogP contribution >= 0.6 is 0 Å². The summed E-state index contributed by atoms with van der Waals surface area (Å²) in [6, 6.07) is 12.7. The van der Waals surface area contributed by atoms with Crippen LogP contribution in [0.25, 0.3) is 0 Å². The van der Waals surface area contributed by atoms with Crippen LogP contribution in [0, 0.1) is 0 Å². The first-order valence-corrected chi connectivity index (χ1v) is 6.38. The lowest BCUT2D eigenvalue weighted by Crippen LogP contribution is -2.46. The van der Waals surface area contributed by atoms with E-state index >= 15 is 0 Å². The molecule has 0 saturated carbocycles. The van der Waals surface area contributed by atoms with Crippen molar-refractivity contribution in [1.82, 2.24) is 4.90 Å². The van der Waals surface area contributed by atoms with E-state index in [1.807, 2.05) is 0 Å². The van der Waals surface area contributed by atoms with Gasteiger partial charge in [-0.3, -0.25) is 4.90 Å². The van der Waals surface area contributed by atoms with Gasteiger partial charge < -0.3 is 5.73 Å². The molecule has 86 valence electrons. The molecule has 2 heterocycles. The van der Waals surface area contributed by atoms with Gasteiger partial charge in [-0.05, 0) is 31.2 Å². The van der Waals surface area contributed by atoms with Crippen LogP contribution in [0.15, 0.2) is 30.3 Å². The van der Waals surface area contributed by atoms with E-state index in [0.717, 1.165) is 18.6 Å². The Balaban J connectivity index is 1.72. The number of nitrogens with zero attached hydrogens (tertiary/aromatic N) is 1. The first kappa shape index (κ1) is 10.3. The molecule has 0 amide bonds. The summed E-state index contributed by atoms with van der Waals surface area (Å²) >= 11 is 0. The number of hydrogen-bond donors (Lipinski definition) is 1. The zero-order chi connectivity index (χ0) is 11.0. The molecule has 0 spiro atoms. The van der Waals surface area contributed by atoms with Crippen LogP contribution in [0.1, 0.15) is 31.2 Å². The predicted octanol–water partition coefficient (Wildman–Crippen LogP) is 2.14. The summed E-state index contributed by atoms with van der Waals surface area (Å²) in [6.07, 6.45) is 5.10. The summed E-state index contributed by atoms with van der Waals surface area (Å²) in [5, 5.41) is 0. The molecule has 2 fully saturated rings. The first-order chi connectivity index (χ1) is 7.83. The highest BCUT2D eigenvalue weighted by Crippen LogP contribution is 2.35. The van der Waals surface area contributed by atoms with E-state index in [0.29, 0.717) is 6.04 Å². The molecule has 2 bridgehead atoms. The van der Waals surface area contributed by atoms with Crippen molar-refractivity contribution < 1.29 is 0 Å². The summed E-state index contributed by atoms with van der Waals surface area (Å²) in [5.41, 5.74) is 7.52. The molecular formula is C14H20N2. The molecule has 0 aliphatic carbocycles. The number of hydrogen-bond acceptors (Lipinski definition) is 2. The first-order valence-electron chi connectivity index (χ1n) is 6.38. The number of piperidine rings is 1. The van der Waals surface area contributed by atoms with E-state index in [1.165, 1.54) is 31.2 Å². The lowest BCUT2D eigenvalue weighted by Gasteiger charge is -2.37. The molecule has 2 nitrogen and oxygen atoms in total. The molecule has 3 atom stereocenters. The van der Waals surface area contributed by atoms with Gasteiger partial charge in [0.1, 0.15) is 0 Å². The molecule has 2 saturated heterocycles. The smallest absolute Gasteiger partial charge is 0.0239 e. The third kappa shape index (κ3) is 1.87. The highest BCUT2D eigenvalue weighted by atomic mass is 15.2. The highest BCUT2D eigenvalue weighted by Gasteiger charge is 2.39. The fourth-order valence-corrected chi connectivity index (χ4v) is 3.37. The lowest BCUT2D eigenvalue weighted by atomic mass is 9.97. The van der Waals surface area contributed by atoms with E-state index in [-0.39, 0.29) is 0 Å². The maximum absolute atomic E-state index is 6.08. The van der Waals surface area contributed by atoms with E-state index in [2.05, 4.69) is 35.2 Å². The SMILES string of the molecule is N[C@@H]1C[C@H]2CC[C@@H](C1)N2Cc1ccccc1. The second-order valence-electron chi connectivity index (χ2n) is 5.27. The summed E-state index contributed by atoms with van der Waals surface area (Å²) in [6.45, 7) is 1.11. The van der Waals surface area contributed by atoms with Gasteiger partial charge in [-0.25, -0.2) is 0 Å². The van der Waals surface area contributed by atoms with Crippen molar-refractivity contribution >= 4 is 0 Å². The summed E-state index contributed by atoms with van der Waals surface area (Å²) in [5.74, 6) is 0. The zero-order valence-corrected chi connectivity index (χ0v) is 9.68. The molecule has 0 unspecified atom stereocenters. The molecular weight excluding hydrogens is 196 g/mol. The highest BCUT2D eigenvalue weighted by molar-refractivity contribution is 5.15. The summed E-state index contributed by atoms with van der Waals surface area (Å²) in [7, 11) is 0. The van der Waals surface area contributed by atoms with Gasteiger partial charge in [-0.2, -0.15) is 0 Å². The standard InChI is InChI=1S/C14H20N2/c15-12-8-13-6-7-14(9-12)16(13)10-11-4-2-1-3-5-11/h1-5,12-14H,6-10,15H2/t12-,13-,14+. The van der Waals surface area contributed by atoms with Crippen molar-refractivity contribution in [3.8, 4) is 0 Å². The Morgan fingerprint density at radius 3 is 2.31 bits per heavy atom. The lowest BCUT2D eigenvalue weighted by molar-refractivity contribution is 0.120. The molecule has 2 N–H and O–H groups in total. The van der Waals surface area contributed by atoms with Crippen LogP contribution < -0.4 is 5.73 Å². The van der Waals surface area contributed by atoms with Gasteiger partial charge in [0.05, 0.1) is 0 Å². The van der Waals surface area contributed by atoms with Crippen molar-refractivity contribution in [3.63, 3.8) is 0 Å². The number of rotatable bonds is 2. The van der Waals surface area contributed by atoms with Gasteiger partial charge in [0.2, 0.25) is 0 Å². The van der Waals surface area contributed by atoms with E-state index < -0.39 is 0 Å². The Bertz CT molecular complexity index is 335. The fourth-order valence-electron chi connectivity index (χ4n) is 3.37. The normalized spacial score (nSPS) is 34.2. The maximum Gasteiger partial charge on any atom is 0.0239 e. The van der Waals surface area contributed by atoms with Crippen LogP contribution in [-0.2, 0) is 6.54 Å². The second-order valence-corrected chi connectivity index (χ2v) is 5.27. The molecule has 2 aliphatic heterocycles.